The maximum absolute atomic E-state index is 9.63. The maximum atomic E-state index is 9.63. The summed E-state index contributed by atoms with van der Waals surface area (Å²) in [5, 5.41) is 19.2. The molecular weight excluding hydrogens is 188 g/mol. The second-order valence-electron chi connectivity index (χ2n) is 3.12. The van der Waals surface area contributed by atoms with Crippen molar-refractivity contribution in [3.8, 4) is 0 Å². The molecule has 13 heavy (non-hydrogen) atoms. The van der Waals surface area contributed by atoms with E-state index in [0.29, 0.717) is 17.0 Å². The van der Waals surface area contributed by atoms with Gasteiger partial charge in [0, 0.05) is 11.4 Å². The molecular formula is C10H13ClO2. The van der Waals surface area contributed by atoms with Crippen molar-refractivity contribution in [1.29, 1.82) is 0 Å². The Morgan fingerprint density at radius 3 is 2.46 bits per heavy atom. The van der Waals surface area contributed by atoms with E-state index in [1.165, 1.54) is 0 Å². The largest absolute Gasteiger partial charge is 0.393 e. The third-order valence-electron chi connectivity index (χ3n) is 1.83. The number of aliphatic hydroxyl groups is 2. The number of hydrogen-bond donors (Lipinski definition) is 2. The zero-order chi connectivity index (χ0) is 9.84. The Hall–Kier alpha value is -0.570. The van der Waals surface area contributed by atoms with Crippen LogP contribution in [0.1, 0.15) is 25.0 Å². The van der Waals surface area contributed by atoms with Gasteiger partial charge in [0.2, 0.25) is 0 Å². The molecule has 0 aromatic heterocycles. The van der Waals surface area contributed by atoms with Crippen LogP contribution >= 0.6 is 11.6 Å². The average Bonchev–Trinajstić information content (AvgIpc) is 2.03. The van der Waals surface area contributed by atoms with Gasteiger partial charge in [-0.3, -0.25) is 0 Å². The van der Waals surface area contributed by atoms with Crippen molar-refractivity contribution in [3.63, 3.8) is 0 Å². The number of hydrogen-bond acceptors (Lipinski definition) is 2. The summed E-state index contributed by atoms with van der Waals surface area (Å²) in [6.07, 6.45) is -0.899. The van der Waals surface area contributed by atoms with E-state index in [0.717, 1.165) is 0 Å². The molecule has 0 bridgehead atoms. The SMILES string of the molecule is C[C@H](O)C[C@H](O)c1ccccc1Cl. The standard InChI is InChI=1S/C10H13ClO2/c1-7(12)6-10(13)8-4-2-3-5-9(8)11/h2-5,7,10,12-13H,6H2,1H3/t7-,10-/m0/s1. The lowest BCUT2D eigenvalue weighted by atomic mass is 10.0. The third kappa shape index (κ3) is 2.99. The van der Waals surface area contributed by atoms with E-state index in [4.69, 9.17) is 16.7 Å². The lowest BCUT2D eigenvalue weighted by Crippen LogP contribution is -2.08. The number of benzene rings is 1. The molecule has 3 heteroatoms. The Labute approximate surface area is 82.8 Å². The monoisotopic (exact) mass is 200 g/mol. The fourth-order valence-corrected chi connectivity index (χ4v) is 1.46. The van der Waals surface area contributed by atoms with Gasteiger partial charge in [0.05, 0.1) is 12.2 Å². The van der Waals surface area contributed by atoms with Gasteiger partial charge in [-0.2, -0.15) is 0 Å². The summed E-state index contributed by atoms with van der Waals surface area (Å²) < 4.78 is 0. The molecule has 72 valence electrons. The highest BCUT2D eigenvalue weighted by atomic mass is 35.5. The van der Waals surface area contributed by atoms with Crippen molar-refractivity contribution in [2.24, 2.45) is 0 Å². The van der Waals surface area contributed by atoms with Crippen molar-refractivity contribution in [2.75, 3.05) is 0 Å². The first kappa shape index (κ1) is 10.5. The van der Waals surface area contributed by atoms with Crippen LogP contribution in [-0.4, -0.2) is 16.3 Å². The third-order valence-corrected chi connectivity index (χ3v) is 2.17. The van der Waals surface area contributed by atoms with Crippen molar-refractivity contribution in [2.45, 2.75) is 25.6 Å². The van der Waals surface area contributed by atoms with Crippen LogP contribution in [0.25, 0.3) is 0 Å². The van der Waals surface area contributed by atoms with E-state index in [1.54, 1.807) is 25.1 Å². The molecule has 0 aliphatic carbocycles. The smallest absolute Gasteiger partial charge is 0.0828 e. The normalized spacial score (nSPS) is 15.4. The first-order chi connectivity index (χ1) is 6.11. The van der Waals surface area contributed by atoms with E-state index in [2.05, 4.69) is 0 Å². The van der Waals surface area contributed by atoms with Crippen LogP contribution in [0, 0.1) is 0 Å². The van der Waals surface area contributed by atoms with Crippen molar-refractivity contribution < 1.29 is 10.2 Å². The summed E-state index contributed by atoms with van der Waals surface area (Å²) in [5.74, 6) is 0. The van der Waals surface area contributed by atoms with Gasteiger partial charge in [-0.1, -0.05) is 29.8 Å². The molecule has 0 amide bonds. The summed E-state index contributed by atoms with van der Waals surface area (Å²) in [5.41, 5.74) is 0.671. The Balaban J connectivity index is 2.76. The number of aliphatic hydroxyl groups excluding tert-OH is 2. The lowest BCUT2D eigenvalue weighted by Gasteiger charge is -2.13. The molecule has 0 heterocycles. The zero-order valence-corrected chi connectivity index (χ0v) is 8.20. The Bertz CT molecular complexity index is 273. The molecule has 0 unspecified atom stereocenters. The minimum atomic E-state index is -0.686. The summed E-state index contributed by atoms with van der Waals surface area (Å²) in [4.78, 5) is 0. The van der Waals surface area contributed by atoms with Gasteiger partial charge in [0.25, 0.3) is 0 Å². The van der Waals surface area contributed by atoms with E-state index in [9.17, 15) is 5.11 Å². The second-order valence-corrected chi connectivity index (χ2v) is 3.53. The molecule has 2 nitrogen and oxygen atoms in total. The number of halogens is 1. The molecule has 0 saturated carbocycles. The molecule has 1 aromatic carbocycles. The van der Waals surface area contributed by atoms with Crippen LogP contribution in [0.4, 0.5) is 0 Å². The molecule has 1 aromatic rings. The summed E-state index contributed by atoms with van der Waals surface area (Å²) in [7, 11) is 0. The maximum Gasteiger partial charge on any atom is 0.0828 e. The van der Waals surface area contributed by atoms with E-state index in [1.807, 2.05) is 6.07 Å². The molecule has 0 saturated heterocycles. The predicted molar refractivity (Wildman–Crippen MR) is 52.7 cm³/mol. The van der Waals surface area contributed by atoms with Crippen molar-refractivity contribution in [3.05, 3.63) is 34.9 Å². The zero-order valence-electron chi connectivity index (χ0n) is 7.44. The summed E-state index contributed by atoms with van der Waals surface area (Å²) >= 11 is 5.86. The molecule has 0 aliphatic heterocycles. The highest BCUT2D eigenvalue weighted by Gasteiger charge is 2.12. The fourth-order valence-electron chi connectivity index (χ4n) is 1.20. The molecule has 1 rings (SSSR count). The molecule has 2 atom stereocenters. The molecule has 2 N–H and O–H groups in total. The number of rotatable bonds is 3. The van der Waals surface area contributed by atoms with Crippen LogP contribution in [0.5, 0.6) is 0 Å². The molecule has 0 aliphatic rings. The van der Waals surface area contributed by atoms with E-state index < -0.39 is 12.2 Å². The molecule has 0 fully saturated rings. The van der Waals surface area contributed by atoms with Gasteiger partial charge in [0.15, 0.2) is 0 Å². The first-order valence-corrected chi connectivity index (χ1v) is 4.59. The summed E-state index contributed by atoms with van der Waals surface area (Å²) in [6.45, 7) is 1.64. The lowest BCUT2D eigenvalue weighted by molar-refractivity contribution is 0.0908. The Morgan fingerprint density at radius 1 is 1.31 bits per heavy atom. The topological polar surface area (TPSA) is 40.5 Å². The van der Waals surface area contributed by atoms with Gasteiger partial charge in [-0.15, -0.1) is 0 Å². The van der Waals surface area contributed by atoms with E-state index in [-0.39, 0.29) is 0 Å². The van der Waals surface area contributed by atoms with Crippen LogP contribution < -0.4 is 0 Å². The second kappa shape index (κ2) is 4.61. The predicted octanol–water partition coefficient (Wildman–Crippen LogP) is 2.14. The van der Waals surface area contributed by atoms with E-state index >= 15 is 0 Å². The Morgan fingerprint density at radius 2 is 1.92 bits per heavy atom. The summed E-state index contributed by atoms with van der Waals surface area (Å²) in [6, 6.07) is 7.10. The highest BCUT2D eigenvalue weighted by molar-refractivity contribution is 6.31. The van der Waals surface area contributed by atoms with Gasteiger partial charge in [-0.25, -0.2) is 0 Å². The van der Waals surface area contributed by atoms with Crippen molar-refractivity contribution in [1.82, 2.24) is 0 Å². The van der Waals surface area contributed by atoms with Crippen LogP contribution in [0.15, 0.2) is 24.3 Å². The van der Waals surface area contributed by atoms with Crippen LogP contribution in [0.3, 0.4) is 0 Å². The van der Waals surface area contributed by atoms with Crippen LogP contribution in [0.2, 0.25) is 5.02 Å². The van der Waals surface area contributed by atoms with Crippen LogP contribution in [-0.2, 0) is 0 Å². The van der Waals surface area contributed by atoms with Gasteiger partial charge in [0.1, 0.15) is 0 Å². The minimum Gasteiger partial charge on any atom is -0.393 e. The van der Waals surface area contributed by atoms with Gasteiger partial charge < -0.3 is 10.2 Å². The quantitative estimate of drug-likeness (QED) is 0.785. The fraction of sp³-hybridized carbons (Fsp3) is 0.400. The Kier molecular flexibility index (Phi) is 3.72. The molecule has 0 radical (unpaired) electrons. The van der Waals surface area contributed by atoms with Gasteiger partial charge >= 0.3 is 0 Å². The first-order valence-electron chi connectivity index (χ1n) is 4.22. The van der Waals surface area contributed by atoms with Crippen molar-refractivity contribution >= 4 is 11.6 Å². The molecule has 0 spiro atoms. The minimum absolute atomic E-state index is 0.309. The highest BCUT2D eigenvalue weighted by Crippen LogP contribution is 2.25. The average molecular weight is 201 g/mol. The van der Waals surface area contributed by atoms with Gasteiger partial charge in [-0.05, 0) is 18.6 Å².